The van der Waals surface area contributed by atoms with Crippen LogP contribution in [0, 0.1) is 5.41 Å². The van der Waals surface area contributed by atoms with Gasteiger partial charge in [0.1, 0.15) is 22.6 Å². The van der Waals surface area contributed by atoms with Gasteiger partial charge in [0.15, 0.2) is 0 Å². The summed E-state index contributed by atoms with van der Waals surface area (Å²) in [5.41, 5.74) is 0.195. The predicted octanol–water partition coefficient (Wildman–Crippen LogP) is 9.14. The average Bonchev–Trinajstić information content (AvgIpc) is 2.93. The van der Waals surface area contributed by atoms with Crippen molar-refractivity contribution in [1.82, 2.24) is 10.6 Å². The molecule has 0 heterocycles. The largest absolute Gasteiger partial charge is 0.494 e. The second-order valence-electron chi connectivity index (χ2n) is 15.0. The molecule has 0 aliphatic rings. The molecule has 0 fully saturated rings. The first-order valence-electron chi connectivity index (χ1n) is 17.3. The lowest BCUT2D eigenvalue weighted by Gasteiger charge is -2.22. The number of carbonyl (C=O) groups excluding carboxylic acids is 3. The predicted molar refractivity (Wildman–Crippen MR) is 195 cm³/mol. The molecule has 1 aromatic carbocycles. The van der Waals surface area contributed by atoms with E-state index in [2.05, 4.69) is 20.6 Å². The number of guanidine groups is 1. The SMILES string of the molecule is CC(=N)c1ccc(OCCCC(CCCCCCCCCN=C(NC(=O)OC(C)(C)C)NC(=O)OC(C)(C)C)=NC(=O)OC(C)(C)C)cc1. The summed E-state index contributed by atoms with van der Waals surface area (Å²) in [6, 6.07) is 7.47. The van der Waals surface area contributed by atoms with Gasteiger partial charge in [0.25, 0.3) is 0 Å². The third-order valence-corrected chi connectivity index (χ3v) is 6.44. The standard InChI is InChI=1S/C37H61N5O7/c1-27(38)28-21-23-30(24-22-28)46-26-18-20-29(40-32(43)47-35(2,3)4)19-16-14-12-11-13-15-17-25-39-31(41-33(44)48-36(5,6)7)42-34(45)49-37(8,9)10/h21-24,38H,11-20,25-26H2,1-10H3,(H2,39,41,42,44,45). The third-order valence-electron chi connectivity index (χ3n) is 6.44. The molecular weight excluding hydrogens is 626 g/mol. The minimum atomic E-state index is -0.712. The Hall–Kier alpha value is -3.96. The number of hydrogen-bond acceptors (Lipinski definition) is 9. The number of nitrogens with zero attached hydrogens (tertiary/aromatic N) is 2. The highest BCUT2D eigenvalue weighted by atomic mass is 16.6. The Bertz CT molecular complexity index is 1220. The Morgan fingerprint density at radius 3 is 1.63 bits per heavy atom. The zero-order valence-electron chi connectivity index (χ0n) is 31.5. The van der Waals surface area contributed by atoms with Crippen LogP contribution in [0.1, 0.15) is 139 Å². The van der Waals surface area contributed by atoms with Gasteiger partial charge in [-0.1, -0.05) is 32.1 Å². The second kappa shape index (κ2) is 21.2. The van der Waals surface area contributed by atoms with Gasteiger partial charge in [-0.25, -0.2) is 14.4 Å². The van der Waals surface area contributed by atoms with Crippen LogP contribution in [0.5, 0.6) is 5.75 Å². The molecule has 1 rings (SSSR count). The van der Waals surface area contributed by atoms with Crippen molar-refractivity contribution in [1.29, 1.82) is 5.41 Å². The molecule has 1 aromatic rings. The van der Waals surface area contributed by atoms with E-state index in [0.29, 0.717) is 25.3 Å². The number of alkyl carbamates (subject to hydrolysis) is 2. The summed E-state index contributed by atoms with van der Waals surface area (Å²) >= 11 is 0. The molecule has 0 unspecified atom stereocenters. The fourth-order valence-corrected chi connectivity index (χ4v) is 4.34. The highest BCUT2D eigenvalue weighted by Crippen LogP contribution is 2.16. The van der Waals surface area contributed by atoms with Crippen molar-refractivity contribution in [2.45, 2.75) is 150 Å². The van der Waals surface area contributed by atoms with E-state index in [4.69, 9.17) is 24.4 Å². The van der Waals surface area contributed by atoms with Gasteiger partial charge in [-0.05, 0) is 131 Å². The van der Waals surface area contributed by atoms with E-state index >= 15 is 0 Å². The molecule has 12 heteroatoms. The molecule has 0 saturated heterocycles. The zero-order chi connectivity index (χ0) is 37.1. The van der Waals surface area contributed by atoms with E-state index < -0.39 is 35.1 Å². The van der Waals surface area contributed by atoms with Crippen LogP contribution in [0.25, 0.3) is 0 Å². The molecule has 0 spiro atoms. The topological polar surface area (TPSA) is 161 Å². The second-order valence-corrected chi connectivity index (χ2v) is 15.0. The van der Waals surface area contributed by atoms with E-state index in [1.807, 2.05) is 45.0 Å². The Kier molecular flexibility index (Phi) is 18.6. The van der Waals surface area contributed by atoms with Crippen LogP contribution >= 0.6 is 0 Å². The molecule has 12 nitrogen and oxygen atoms in total. The molecule has 0 saturated carbocycles. The van der Waals surface area contributed by atoms with Crippen LogP contribution in [0.4, 0.5) is 14.4 Å². The number of benzene rings is 1. The van der Waals surface area contributed by atoms with E-state index in [-0.39, 0.29) is 5.96 Å². The summed E-state index contributed by atoms with van der Waals surface area (Å²) in [6.45, 7) is 18.7. The summed E-state index contributed by atoms with van der Waals surface area (Å²) < 4.78 is 21.8. The number of unbranched alkanes of at least 4 members (excludes halogenated alkanes) is 6. The maximum Gasteiger partial charge on any atom is 0.434 e. The van der Waals surface area contributed by atoms with Crippen molar-refractivity contribution in [3.05, 3.63) is 29.8 Å². The molecule has 0 aromatic heterocycles. The molecule has 49 heavy (non-hydrogen) atoms. The number of ether oxygens (including phenoxy) is 4. The Morgan fingerprint density at radius 2 is 1.14 bits per heavy atom. The normalized spacial score (nSPS) is 12.1. The summed E-state index contributed by atoms with van der Waals surface area (Å²) in [5, 5.41) is 12.7. The molecule has 0 atom stereocenters. The Balaban J connectivity index is 2.50. The van der Waals surface area contributed by atoms with Gasteiger partial charge in [-0.15, -0.1) is 0 Å². The Labute approximate surface area is 293 Å². The molecule has 276 valence electrons. The number of nitrogens with one attached hydrogen (secondary N) is 3. The highest BCUT2D eigenvalue weighted by molar-refractivity contribution is 6.01. The van der Waals surface area contributed by atoms with Gasteiger partial charge >= 0.3 is 18.3 Å². The Morgan fingerprint density at radius 1 is 0.673 bits per heavy atom. The van der Waals surface area contributed by atoms with Gasteiger partial charge in [0.05, 0.1) is 6.61 Å². The van der Waals surface area contributed by atoms with Gasteiger partial charge < -0.3 is 24.4 Å². The van der Waals surface area contributed by atoms with Crippen LogP contribution < -0.4 is 15.4 Å². The average molecular weight is 688 g/mol. The first kappa shape index (κ1) is 43.1. The van der Waals surface area contributed by atoms with Gasteiger partial charge in [0, 0.05) is 18.0 Å². The van der Waals surface area contributed by atoms with Crippen LogP contribution in [0.2, 0.25) is 0 Å². The quantitative estimate of drug-likeness (QED) is 0.0676. The van der Waals surface area contributed by atoms with E-state index in [1.165, 1.54) is 0 Å². The van der Waals surface area contributed by atoms with Crippen molar-refractivity contribution >= 4 is 35.7 Å². The zero-order valence-corrected chi connectivity index (χ0v) is 31.5. The summed E-state index contributed by atoms with van der Waals surface area (Å²) in [5.74, 6) is 0.740. The lowest BCUT2D eigenvalue weighted by atomic mass is 10.0. The van der Waals surface area contributed by atoms with Crippen molar-refractivity contribution in [2.24, 2.45) is 9.98 Å². The van der Waals surface area contributed by atoms with E-state index in [0.717, 1.165) is 74.8 Å². The first-order valence-corrected chi connectivity index (χ1v) is 17.3. The van der Waals surface area contributed by atoms with Crippen LogP contribution in [0.15, 0.2) is 34.3 Å². The number of aliphatic imine (C=N–C) groups is 2. The van der Waals surface area contributed by atoms with E-state index in [1.54, 1.807) is 48.5 Å². The molecule has 3 amide bonds. The molecular formula is C37H61N5O7. The lowest BCUT2D eigenvalue weighted by Crippen LogP contribution is -2.47. The first-order chi connectivity index (χ1) is 22.7. The summed E-state index contributed by atoms with van der Waals surface area (Å²) in [7, 11) is 0. The summed E-state index contributed by atoms with van der Waals surface area (Å²) in [4.78, 5) is 45.5. The fraction of sp³-hybridized carbons (Fsp3) is 0.676. The van der Waals surface area contributed by atoms with Gasteiger partial charge in [-0.2, -0.15) is 4.99 Å². The molecule has 0 bridgehead atoms. The minimum absolute atomic E-state index is 0.00769. The molecule has 0 radical (unpaired) electrons. The maximum absolute atomic E-state index is 12.4. The van der Waals surface area contributed by atoms with Crippen molar-refractivity contribution < 1.29 is 33.3 Å². The summed E-state index contributed by atoms with van der Waals surface area (Å²) in [6.07, 6.45) is 6.93. The number of carbonyl (C=O) groups is 3. The molecule has 0 aliphatic heterocycles. The number of amides is 3. The molecule has 0 aliphatic carbocycles. The van der Waals surface area contributed by atoms with Crippen LogP contribution in [0.3, 0.4) is 0 Å². The van der Waals surface area contributed by atoms with Crippen LogP contribution in [-0.2, 0) is 14.2 Å². The smallest absolute Gasteiger partial charge is 0.434 e. The number of hydrogen-bond donors (Lipinski definition) is 3. The van der Waals surface area contributed by atoms with E-state index in [9.17, 15) is 14.4 Å². The van der Waals surface area contributed by atoms with Crippen molar-refractivity contribution in [2.75, 3.05) is 13.2 Å². The highest BCUT2D eigenvalue weighted by Gasteiger charge is 2.21. The maximum atomic E-state index is 12.4. The fourth-order valence-electron chi connectivity index (χ4n) is 4.34. The molecule has 3 N–H and O–H groups in total. The monoisotopic (exact) mass is 687 g/mol. The van der Waals surface area contributed by atoms with Crippen LogP contribution in [-0.4, -0.2) is 65.6 Å². The van der Waals surface area contributed by atoms with Gasteiger partial charge in [-0.3, -0.25) is 15.6 Å². The van der Waals surface area contributed by atoms with Gasteiger partial charge in [0.2, 0.25) is 5.96 Å². The minimum Gasteiger partial charge on any atom is -0.494 e. The lowest BCUT2D eigenvalue weighted by molar-refractivity contribution is 0.0540. The number of rotatable bonds is 16. The van der Waals surface area contributed by atoms with Crippen molar-refractivity contribution in [3.8, 4) is 5.75 Å². The third kappa shape index (κ3) is 23.9. The van der Waals surface area contributed by atoms with Crippen molar-refractivity contribution in [3.63, 3.8) is 0 Å².